The van der Waals surface area contributed by atoms with E-state index in [2.05, 4.69) is 15.9 Å². The lowest BCUT2D eigenvalue weighted by molar-refractivity contribution is -0.141. The lowest BCUT2D eigenvalue weighted by atomic mass is 9.97. The molecule has 0 bridgehead atoms. The molecule has 5 nitrogen and oxygen atoms in total. The lowest BCUT2D eigenvalue weighted by Crippen LogP contribution is -2.48. The molecule has 0 radical (unpaired) electrons. The fourth-order valence-electron chi connectivity index (χ4n) is 2.43. The van der Waals surface area contributed by atoms with Crippen LogP contribution in [0.4, 0.5) is 0 Å². The first-order valence-electron chi connectivity index (χ1n) is 6.97. The normalized spacial score (nSPS) is 19.9. The molecule has 0 aliphatic carbocycles. The van der Waals surface area contributed by atoms with Crippen LogP contribution in [0.15, 0.2) is 28.7 Å². The van der Waals surface area contributed by atoms with Crippen LogP contribution < -0.4 is 10.5 Å². The highest BCUT2D eigenvalue weighted by Crippen LogP contribution is 2.20. The molecule has 1 saturated heterocycles. The van der Waals surface area contributed by atoms with Crippen LogP contribution in [0.5, 0.6) is 5.75 Å². The van der Waals surface area contributed by atoms with Crippen molar-refractivity contribution >= 4 is 27.7 Å². The molecule has 2 N–H and O–H groups in total. The van der Waals surface area contributed by atoms with Gasteiger partial charge in [0.15, 0.2) is 6.10 Å². The summed E-state index contributed by atoms with van der Waals surface area (Å²) in [5.74, 6) is -0.0528. The van der Waals surface area contributed by atoms with Crippen molar-refractivity contribution in [1.82, 2.24) is 4.90 Å². The summed E-state index contributed by atoms with van der Waals surface area (Å²) < 4.78 is 6.60. The number of hydrogen-bond acceptors (Lipinski definition) is 3. The number of primary amides is 1. The second-order valence-corrected chi connectivity index (χ2v) is 6.16. The highest BCUT2D eigenvalue weighted by molar-refractivity contribution is 9.10. The van der Waals surface area contributed by atoms with Gasteiger partial charge in [-0.15, -0.1) is 0 Å². The number of likely N-dealkylation sites (tertiary alicyclic amines) is 1. The number of hydrogen-bond donors (Lipinski definition) is 1. The fraction of sp³-hybridized carbons (Fsp3) is 0.467. The summed E-state index contributed by atoms with van der Waals surface area (Å²) in [4.78, 5) is 25.3. The molecule has 0 aromatic heterocycles. The number of carbonyl (C=O) groups is 2. The Kier molecular flexibility index (Phi) is 5.22. The molecule has 2 unspecified atom stereocenters. The maximum atomic E-state index is 12.4. The number of ether oxygens (including phenoxy) is 1. The van der Waals surface area contributed by atoms with Crippen LogP contribution >= 0.6 is 15.9 Å². The van der Waals surface area contributed by atoms with E-state index in [1.165, 1.54) is 0 Å². The molecule has 0 spiro atoms. The number of amides is 2. The highest BCUT2D eigenvalue weighted by Gasteiger charge is 2.30. The molecule has 114 valence electrons. The third kappa shape index (κ3) is 4.20. The Morgan fingerprint density at radius 2 is 2.05 bits per heavy atom. The minimum absolute atomic E-state index is 0.108. The number of halogens is 1. The monoisotopic (exact) mass is 354 g/mol. The zero-order chi connectivity index (χ0) is 15.4. The molecular weight excluding hydrogens is 336 g/mol. The van der Waals surface area contributed by atoms with Crippen LogP contribution in [0.2, 0.25) is 0 Å². The summed E-state index contributed by atoms with van der Waals surface area (Å²) >= 11 is 3.35. The fourth-order valence-corrected chi connectivity index (χ4v) is 2.70. The first-order chi connectivity index (χ1) is 9.97. The molecular formula is C15H19BrN2O3. The minimum Gasteiger partial charge on any atom is -0.481 e. The predicted molar refractivity (Wildman–Crippen MR) is 82.7 cm³/mol. The summed E-state index contributed by atoms with van der Waals surface area (Å²) in [6.45, 7) is 2.76. The summed E-state index contributed by atoms with van der Waals surface area (Å²) in [5.41, 5.74) is 5.33. The van der Waals surface area contributed by atoms with Crippen LogP contribution in [0, 0.1) is 5.92 Å². The maximum absolute atomic E-state index is 12.4. The van der Waals surface area contributed by atoms with E-state index in [0.717, 1.165) is 17.3 Å². The number of benzene rings is 1. The molecule has 1 aromatic carbocycles. The Hall–Kier alpha value is -1.56. The van der Waals surface area contributed by atoms with Gasteiger partial charge in [0.05, 0.1) is 5.92 Å². The Bertz CT molecular complexity index is 518. The first-order valence-corrected chi connectivity index (χ1v) is 7.77. The third-order valence-electron chi connectivity index (χ3n) is 3.61. The van der Waals surface area contributed by atoms with Crippen molar-refractivity contribution < 1.29 is 14.3 Å². The molecule has 1 fully saturated rings. The maximum Gasteiger partial charge on any atom is 0.263 e. The van der Waals surface area contributed by atoms with E-state index >= 15 is 0 Å². The number of nitrogens with zero attached hydrogens (tertiary/aromatic N) is 1. The van der Waals surface area contributed by atoms with Crippen LogP contribution in [0.1, 0.15) is 19.8 Å². The molecule has 1 aliphatic heterocycles. The standard InChI is InChI=1S/C15H19BrN2O3/c1-10(21-13-6-4-12(16)5-7-13)15(20)18-8-2-3-11(9-18)14(17)19/h4-7,10-11H,2-3,8-9H2,1H3,(H2,17,19). The molecule has 0 saturated carbocycles. The van der Waals surface area contributed by atoms with Crippen LogP contribution in [0.3, 0.4) is 0 Å². The molecule has 2 atom stereocenters. The van der Waals surface area contributed by atoms with Gasteiger partial charge in [0.2, 0.25) is 5.91 Å². The van der Waals surface area contributed by atoms with Crippen LogP contribution in [0.25, 0.3) is 0 Å². The molecule has 2 amide bonds. The van der Waals surface area contributed by atoms with Gasteiger partial charge >= 0.3 is 0 Å². The van der Waals surface area contributed by atoms with Crippen molar-refractivity contribution in [2.75, 3.05) is 13.1 Å². The van der Waals surface area contributed by atoms with Crippen molar-refractivity contribution in [1.29, 1.82) is 0 Å². The second-order valence-electron chi connectivity index (χ2n) is 5.24. The van der Waals surface area contributed by atoms with Crippen molar-refractivity contribution in [3.05, 3.63) is 28.7 Å². The van der Waals surface area contributed by atoms with Gasteiger partial charge in [-0.1, -0.05) is 15.9 Å². The van der Waals surface area contributed by atoms with Gasteiger partial charge in [-0.3, -0.25) is 9.59 Å². The SMILES string of the molecule is CC(Oc1ccc(Br)cc1)C(=O)N1CCCC(C(N)=O)C1. The van der Waals surface area contributed by atoms with Gasteiger partial charge in [0.1, 0.15) is 5.75 Å². The first kappa shape index (κ1) is 15.8. The van der Waals surface area contributed by atoms with E-state index in [4.69, 9.17) is 10.5 Å². The zero-order valence-corrected chi connectivity index (χ0v) is 13.5. The number of piperidine rings is 1. The van der Waals surface area contributed by atoms with Gasteiger partial charge in [-0.2, -0.15) is 0 Å². The Morgan fingerprint density at radius 1 is 1.38 bits per heavy atom. The third-order valence-corrected chi connectivity index (χ3v) is 4.14. The topological polar surface area (TPSA) is 72.6 Å². The van der Waals surface area contributed by atoms with Crippen molar-refractivity contribution in [3.63, 3.8) is 0 Å². The van der Waals surface area contributed by atoms with Crippen molar-refractivity contribution in [2.24, 2.45) is 11.7 Å². The van der Waals surface area contributed by atoms with Gasteiger partial charge in [-0.25, -0.2) is 0 Å². The molecule has 1 heterocycles. The summed E-state index contributed by atoms with van der Waals surface area (Å²) in [6.07, 6.45) is 0.962. The quantitative estimate of drug-likeness (QED) is 0.897. The molecule has 21 heavy (non-hydrogen) atoms. The number of nitrogens with two attached hydrogens (primary N) is 1. The van der Waals surface area contributed by atoms with E-state index in [1.54, 1.807) is 24.0 Å². The summed E-state index contributed by atoms with van der Waals surface area (Å²) in [7, 11) is 0. The smallest absolute Gasteiger partial charge is 0.263 e. The average molecular weight is 355 g/mol. The number of carbonyl (C=O) groups excluding carboxylic acids is 2. The zero-order valence-electron chi connectivity index (χ0n) is 11.9. The molecule has 1 aliphatic rings. The Morgan fingerprint density at radius 3 is 2.67 bits per heavy atom. The van der Waals surface area contributed by atoms with Gasteiger partial charge < -0.3 is 15.4 Å². The van der Waals surface area contributed by atoms with Crippen molar-refractivity contribution in [2.45, 2.75) is 25.9 Å². The average Bonchev–Trinajstić information content (AvgIpc) is 2.49. The highest BCUT2D eigenvalue weighted by atomic mass is 79.9. The predicted octanol–water partition coefficient (Wildman–Crippen LogP) is 1.94. The van der Waals surface area contributed by atoms with E-state index < -0.39 is 6.10 Å². The number of rotatable bonds is 4. The van der Waals surface area contributed by atoms with Gasteiger partial charge in [-0.05, 0) is 44.0 Å². The van der Waals surface area contributed by atoms with Gasteiger partial charge in [0, 0.05) is 17.6 Å². The van der Waals surface area contributed by atoms with E-state index in [1.807, 2.05) is 12.1 Å². The molecule has 2 rings (SSSR count). The van der Waals surface area contributed by atoms with E-state index in [9.17, 15) is 9.59 Å². The van der Waals surface area contributed by atoms with Crippen molar-refractivity contribution in [3.8, 4) is 5.75 Å². The largest absolute Gasteiger partial charge is 0.481 e. The minimum atomic E-state index is -0.585. The second kappa shape index (κ2) is 6.93. The lowest BCUT2D eigenvalue weighted by Gasteiger charge is -2.32. The Labute approximate surface area is 132 Å². The van der Waals surface area contributed by atoms with E-state index in [-0.39, 0.29) is 17.7 Å². The summed E-state index contributed by atoms with van der Waals surface area (Å²) in [6, 6.07) is 7.32. The molecule has 6 heteroatoms. The summed E-state index contributed by atoms with van der Waals surface area (Å²) in [5, 5.41) is 0. The van der Waals surface area contributed by atoms with Crippen LogP contribution in [-0.4, -0.2) is 35.9 Å². The van der Waals surface area contributed by atoms with Crippen LogP contribution in [-0.2, 0) is 9.59 Å². The molecule has 1 aromatic rings. The van der Waals surface area contributed by atoms with Gasteiger partial charge in [0.25, 0.3) is 5.91 Å². The van der Waals surface area contributed by atoms with E-state index in [0.29, 0.717) is 18.8 Å². The Balaban J connectivity index is 1.95.